The van der Waals surface area contributed by atoms with Gasteiger partial charge in [-0.15, -0.1) is 0 Å². The van der Waals surface area contributed by atoms with Crippen molar-refractivity contribution in [1.29, 1.82) is 0 Å². The molecule has 0 bridgehead atoms. The molecule has 0 aliphatic heterocycles. The van der Waals surface area contributed by atoms with Crippen LogP contribution in [0, 0.1) is 5.92 Å². The Bertz CT molecular complexity index is 707. The van der Waals surface area contributed by atoms with Gasteiger partial charge in [-0.25, -0.2) is 0 Å². The molecule has 0 aromatic carbocycles. The molecule has 30 heavy (non-hydrogen) atoms. The number of rotatable bonds is 14. The van der Waals surface area contributed by atoms with Gasteiger partial charge < -0.3 is 26.4 Å². The van der Waals surface area contributed by atoms with E-state index >= 15 is 0 Å². The predicted octanol–water partition coefficient (Wildman–Crippen LogP) is 2.02. The minimum atomic E-state index is -0.790. The molecule has 0 saturated heterocycles. The summed E-state index contributed by atoms with van der Waals surface area (Å²) in [6, 6.07) is -0.644. The summed E-state index contributed by atoms with van der Waals surface area (Å²) in [7, 11) is 0. The molecular formula is C20H35N5O4S. The number of nitrogens with two attached hydrogens (primary N) is 2. The summed E-state index contributed by atoms with van der Waals surface area (Å²) in [5, 5.41) is 2.94. The standard InChI is InChI=1S/C20H35N5O4S/c1-5-8-14(19(27)23-10-9-13(3)4)25(11-7-12-29-6-2)20(28)17-15(21)16(18(22)26)24-30-17/h13-14H,5-12,21H2,1-4H3,(H2,22,26)(H,23,27). The third kappa shape index (κ3) is 7.56. The molecule has 0 spiro atoms. The van der Waals surface area contributed by atoms with Crippen molar-refractivity contribution < 1.29 is 19.1 Å². The zero-order valence-corrected chi connectivity index (χ0v) is 19.2. The number of nitrogen functional groups attached to an aromatic ring is 1. The van der Waals surface area contributed by atoms with Crippen LogP contribution in [-0.4, -0.2) is 59.3 Å². The van der Waals surface area contributed by atoms with Crippen LogP contribution in [-0.2, 0) is 9.53 Å². The van der Waals surface area contributed by atoms with E-state index in [4.69, 9.17) is 16.2 Å². The summed E-state index contributed by atoms with van der Waals surface area (Å²) in [4.78, 5) is 39.3. The third-order valence-corrected chi connectivity index (χ3v) is 5.42. The highest BCUT2D eigenvalue weighted by molar-refractivity contribution is 7.09. The molecule has 0 aliphatic carbocycles. The fraction of sp³-hybridized carbons (Fsp3) is 0.700. The zero-order chi connectivity index (χ0) is 22.7. The van der Waals surface area contributed by atoms with Crippen molar-refractivity contribution in [3.63, 3.8) is 0 Å². The second kappa shape index (κ2) is 13.2. The van der Waals surface area contributed by atoms with Crippen molar-refractivity contribution in [2.75, 3.05) is 32.0 Å². The number of nitrogens with zero attached hydrogens (tertiary/aromatic N) is 2. The van der Waals surface area contributed by atoms with Gasteiger partial charge in [0.25, 0.3) is 11.8 Å². The van der Waals surface area contributed by atoms with Crippen LogP contribution in [0.3, 0.4) is 0 Å². The SMILES string of the molecule is CCCC(C(=O)NCCC(C)C)N(CCCOCC)C(=O)c1snc(C(N)=O)c1N. The normalized spacial score (nSPS) is 12.0. The Morgan fingerprint density at radius 1 is 1.23 bits per heavy atom. The zero-order valence-electron chi connectivity index (χ0n) is 18.4. The average molecular weight is 442 g/mol. The van der Waals surface area contributed by atoms with Crippen LogP contribution in [0.1, 0.15) is 73.5 Å². The summed E-state index contributed by atoms with van der Waals surface area (Å²) >= 11 is 0.824. The molecule has 0 aliphatic rings. The van der Waals surface area contributed by atoms with Crippen LogP contribution in [0.25, 0.3) is 0 Å². The number of carbonyl (C=O) groups excluding carboxylic acids is 3. The van der Waals surface area contributed by atoms with E-state index in [1.54, 1.807) is 0 Å². The summed E-state index contributed by atoms with van der Waals surface area (Å²) < 4.78 is 9.30. The predicted molar refractivity (Wildman–Crippen MR) is 118 cm³/mol. The fourth-order valence-corrected chi connectivity index (χ4v) is 3.70. The molecule has 0 radical (unpaired) electrons. The number of anilines is 1. The van der Waals surface area contributed by atoms with Crippen molar-refractivity contribution in [2.24, 2.45) is 11.7 Å². The van der Waals surface area contributed by atoms with Crippen LogP contribution >= 0.6 is 11.5 Å². The van der Waals surface area contributed by atoms with Crippen molar-refractivity contribution in [1.82, 2.24) is 14.6 Å². The lowest BCUT2D eigenvalue weighted by molar-refractivity contribution is -0.126. The summed E-state index contributed by atoms with van der Waals surface area (Å²) in [6.07, 6.45) is 2.66. The monoisotopic (exact) mass is 441 g/mol. The maximum Gasteiger partial charge on any atom is 0.270 e. The second-order valence-electron chi connectivity index (χ2n) is 7.47. The first kappa shape index (κ1) is 25.8. The topological polar surface area (TPSA) is 141 Å². The highest BCUT2D eigenvalue weighted by atomic mass is 32.1. The summed E-state index contributed by atoms with van der Waals surface area (Å²) in [6.45, 7) is 9.95. The van der Waals surface area contributed by atoms with E-state index < -0.39 is 17.9 Å². The molecular weight excluding hydrogens is 406 g/mol. The number of ether oxygens (including phenoxy) is 1. The van der Waals surface area contributed by atoms with Crippen LogP contribution in [0.5, 0.6) is 0 Å². The fourth-order valence-electron chi connectivity index (χ4n) is 2.94. The molecule has 10 heteroatoms. The maximum atomic E-state index is 13.3. The van der Waals surface area contributed by atoms with Gasteiger partial charge >= 0.3 is 0 Å². The van der Waals surface area contributed by atoms with E-state index in [9.17, 15) is 14.4 Å². The number of aromatic nitrogens is 1. The summed E-state index contributed by atoms with van der Waals surface area (Å²) in [5.74, 6) is -0.947. The molecule has 170 valence electrons. The first-order valence-electron chi connectivity index (χ1n) is 10.5. The molecule has 1 aromatic heterocycles. The smallest absolute Gasteiger partial charge is 0.270 e. The lowest BCUT2D eigenvalue weighted by Crippen LogP contribution is -2.50. The Morgan fingerprint density at radius 3 is 2.47 bits per heavy atom. The molecule has 1 aromatic rings. The van der Waals surface area contributed by atoms with Crippen molar-refractivity contribution in [2.45, 2.75) is 59.4 Å². The highest BCUT2D eigenvalue weighted by Crippen LogP contribution is 2.25. The molecule has 1 heterocycles. The van der Waals surface area contributed by atoms with Gasteiger partial charge in [-0.3, -0.25) is 14.4 Å². The Labute approximate surface area is 182 Å². The van der Waals surface area contributed by atoms with E-state index in [0.29, 0.717) is 45.1 Å². The largest absolute Gasteiger partial charge is 0.395 e. The van der Waals surface area contributed by atoms with E-state index in [1.807, 2.05) is 13.8 Å². The minimum absolute atomic E-state index is 0.0391. The molecule has 1 atom stereocenters. The van der Waals surface area contributed by atoms with E-state index in [1.165, 1.54) is 4.90 Å². The van der Waals surface area contributed by atoms with Crippen molar-refractivity contribution in [3.05, 3.63) is 10.6 Å². The number of amides is 3. The van der Waals surface area contributed by atoms with Crippen LogP contribution < -0.4 is 16.8 Å². The molecule has 0 saturated carbocycles. The molecule has 0 fully saturated rings. The van der Waals surface area contributed by atoms with Crippen molar-refractivity contribution >= 4 is 34.9 Å². The van der Waals surface area contributed by atoms with Gasteiger partial charge in [-0.2, -0.15) is 4.37 Å². The van der Waals surface area contributed by atoms with Gasteiger partial charge in [-0.1, -0.05) is 27.2 Å². The van der Waals surface area contributed by atoms with Gasteiger partial charge in [0.2, 0.25) is 5.91 Å². The average Bonchev–Trinajstić information content (AvgIpc) is 3.07. The van der Waals surface area contributed by atoms with E-state index in [-0.39, 0.29) is 22.2 Å². The van der Waals surface area contributed by atoms with Gasteiger partial charge in [0.05, 0.1) is 5.69 Å². The quantitative estimate of drug-likeness (QED) is 0.377. The second-order valence-corrected chi connectivity index (χ2v) is 8.24. The van der Waals surface area contributed by atoms with Crippen LogP contribution in [0.15, 0.2) is 0 Å². The molecule has 1 rings (SSSR count). The van der Waals surface area contributed by atoms with Crippen molar-refractivity contribution in [3.8, 4) is 0 Å². The maximum absolute atomic E-state index is 13.3. The van der Waals surface area contributed by atoms with Gasteiger partial charge in [0.15, 0.2) is 5.69 Å². The highest BCUT2D eigenvalue weighted by Gasteiger charge is 2.32. The lowest BCUT2D eigenvalue weighted by Gasteiger charge is -2.31. The number of carbonyl (C=O) groups is 3. The Morgan fingerprint density at radius 2 is 1.93 bits per heavy atom. The molecule has 9 nitrogen and oxygen atoms in total. The van der Waals surface area contributed by atoms with Crippen LogP contribution in [0.4, 0.5) is 5.69 Å². The third-order valence-electron chi connectivity index (χ3n) is 4.57. The lowest BCUT2D eigenvalue weighted by atomic mass is 10.1. The van der Waals surface area contributed by atoms with Gasteiger partial charge in [0.1, 0.15) is 10.9 Å². The number of hydrogen-bond donors (Lipinski definition) is 3. The molecule has 3 amide bonds. The Hall–Kier alpha value is -2.20. The summed E-state index contributed by atoms with van der Waals surface area (Å²) in [5.41, 5.74) is 11.1. The Balaban J connectivity index is 3.11. The van der Waals surface area contributed by atoms with E-state index in [2.05, 4.69) is 23.5 Å². The van der Waals surface area contributed by atoms with Gasteiger partial charge in [0, 0.05) is 26.3 Å². The minimum Gasteiger partial charge on any atom is -0.395 e. The van der Waals surface area contributed by atoms with E-state index in [0.717, 1.165) is 24.4 Å². The Kier molecular flexibility index (Phi) is 11.3. The first-order valence-corrected chi connectivity index (χ1v) is 11.2. The molecule has 1 unspecified atom stereocenters. The van der Waals surface area contributed by atoms with Gasteiger partial charge in [-0.05, 0) is 43.6 Å². The first-order chi connectivity index (χ1) is 14.2. The molecule has 5 N–H and O–H groups in total. The number of hydrogen-bond acceptors (Lipinski definition) is 7. The van der Waals surface area contributed by atoms with Crippen LogP contribution in [0.2, 0.25) is 0 Å². The number of nitrogens with one attached hydrogen (secondary N) is 1. The number of primary amides is 1.